The highest BCUT2D eigenvalue weighted by molar-refractivity contribution is 5.51. The summed E-state index contributed by atoms with van der Waals surface area (Å²) in [6, 6.07) is 4.63. The van der Waals surface area contributed by atoms with Crippen LogP contribution in [0.4, 0.5) is 0 Å². The van der Waals surface area contributed by atoms with Crippen LogP contribution in [-0.4, -0.2) is 29.1 Å². The number of nitrogens with zero attached hydrogens (tertiary/aromatic N) is 1. The summed E-state index contributed by atoms with van der Waals surface area (Å²) in [5.74, 6) is 1.60. The number of aryl methyl sites for hydroxylation is 1. The van der Waals surface area contributed by atoms with Crippen LogP contribution >= 0.6 is 0 Å². The molecule has 4 atom stereocenters. The monoisotopic (exact) mass is 288 g/mol. The average Bonchev–Trinajstić information content (AvgIpc) is 2.82. The first kappa shape index (κ1) is 14.9. The van der Waals surface area contributed by atoms with E-state index in [2.05, 4.69) is 25.7 Å². The molecule has 21 heavy (non-hydrogen) atoms. The number of nitrogens with two attached hydrogens (primary N) is 1. The zero-order chi connectivity index (χ0) is 15.1. The van der Waals surface area contributed by atoms with Crippen LogP contribution in [0.25, 0.3) is 0 Å². The normalized spacial score (nSPS) is 33.1. The Kier molecular flexibility index (Phi) is 3.98. The lowest BCUT2D eigenvalue weighted by atomic mass is 9.89. The number of hydrogen-bond acceptors (Lipinski definition) is 3. The molecule has 116 valence electrons. The Morgan fingerprint density at radius 3 is 2.81 bits per heavy atom. The van der Waals surface area contributed by atoms with Gasteiger partial charge in [0, 0.05) is 30.7 Å². The van der Waals surface area contributed by atoms with Crippen molar-refractivity contribution in [2.75, 3.05) is 13.1 Å². The fourth-order valence-corrected chi connectivity index (χ4v) is 4.43. The maximum atomic E-state index is 10.4. The molecule has 1 heterocycles. The van der Waals surface area contributed by atoms with E-state index in [0.29, 0.717) is 29.7 Å². The molecule has 1 aromatic rings. The van der Waals surface area contributed by atoms with Gasteiger partial charge in [-0.1, -0.05) is 26.3 Å². The molecule has 1 saturated heterocycles. The van der Waals surface area contributed by atoms with Crippen LogP contribution in [0.5, 0.6) is 5.75 Å². The Morgan fingerprint density at radius 1 is 1.33 bits per heavy atom. The maximum Gasteiger partial charge on any atom is 0.120 e. The van der Waals surface area contributed by atoms with Crippen molar-refractivity contribution in [3.05, 3.63) is 28.8 Å². The van der Waals surface area contributed by atoms with Gasteiger partial charge in [-0.3, -0.25) is 4.90 Å². The van der Waals surface area contributed by atoms with Gasteiger partial charge in [0.05, 0.1) is 0 Å². The summed E-state index contributed by atoms with van der Waals surface area (Å²) in [6.45, 7) is 8.82. The number of benzene rings is 1. The second-order valence-electron chi connectivity index (χ2n) is 7.00. The van der Waals surface area contributed by atoms with Gasteiger partial charge in [-0.25, -0.2) is 0 Å². The molecular weight excluding hydrogens is 260 g/mol. The van der Waals surface area contributed by atoms with Gasteiger partial charge in [0.2, 0.25) is 0 Å². The highest BCUT2D eigenvalue weighted by Gasteiger charge is 2.38. The van der Waals surface area contributed by atoms with Crippen LogP contribution in [0.15, 0.2) is 12.1 Å². The molecule has 0 aromatic heterocycles. The molecular formula is C18H28N2O. The fraction of sp³-hybridized carbons (Fsp3) is 0.667. The molecule has 3 nitrogen and oxygen atoms in total. The third-order valence-corrected chi connectivity index (χ3v) is 5.67. The van der Waals surface area contributed by atoms with E-state index in [1.807, 2.05) is 12.1 Å². The number of hydrogen-bond donors (Lipinski definition) is 2. The minimum atomic E-state index is 0.343. The lowest BCUT2D eigenvalue weighted by Gasteiger charge is -2.40. The summed E-state index contributed by atoms with van der Waals surface area (Å²) < 4.78 is 0. The van der Waals surface area contributed by atoms with E-state index >= 15 is 0 Å². The van der Waals surface area contributed by atoms with Crippen LogP contribution in [-0.2, 0) is 0 Å². The molecule has 1 fully saturated rings. The summed E-state index contributed by atoms with van der Waals surface area (Å²) in [5.41, 5.74) is 10.1. The predicted molar refractivity (Wildman–Crippen MR) is 86.6 cm³/mol. The van der Waals surface area contributed by atoms with Crippen molar-refractivity contribution in [2.24, 2.45) is 11.7 Å². The first-order valence-electron chi connectivity index (χ1n) is 8.34. The molecule has 0 radical (unpaired) electrons. The zero-order valence-electron chi connectivity index (χ0n) is 13.5. The number of aromatic hydroxyl groups is 1. The van der Waals surface area contributed by atoms with E-state index in [1.54, 1.807) is 0 Å². The molecule has 3 N–H and O–H groups in total. The average molecular weight is 288 g/mol. The summed E-state index contributed by atoms with van der Waals surface area (Å²) in [7, 11) is 0. The summed E-state index contributed by atoms with van der Waals surface area (Å²) >= 11 is 0. The van der Waals surface area contributed by atoms with E-state index in [-0.39, 0.29) is 0 Å². The summed E-state index contributed by atoms with van der Waals surface area (Å²) in [5, 5.41) is 10.4. The summed E-state index contributed by atoms with van der Waals surface area (Å²) in [4.78, 5) is 2.57. The number of phenols is 1. The number of piperidine rings is 1. The molecule has 0 amide bonds. The Morgan fingerprint density at radius 2 is 2.10 bits per heavy atom. The smallest absolute Gasteiger partial charge is 0.120 e. The maximum absolute atomic E-state index is 10.4. The van der Waals surface area contributed by atoms with Crippen molar-refractivity contribution in [1.82, 2.24) is 4.90 Å². The number of fused-ring (bicyclic) bond motifs is 1. The molecule has 0 saturated carbocycles. The molecule has 1 aliphatic carbocycles. The third-order valence-electron chi connectivity index (χ3n) is 5.67. The van der Waals surface area contributed by atoms with E-state index < -0.39 is 0 Å². The molecule has 0 spiro atoms. The Bertz CT molecular complexity index is 528. The quantitative estimate of drug-likeness (QED) is 0.878. The van der Waals surface area contributed by atoms with E-state index in [4.69, 9.17) is 5.73 Å². The first-order valence-corrected chi connectivity index (χ1v) is 8.34. The van der Waals surface area contributed by atoms with Gasteiger partial charge in [0.15, 0.2) is 0 Å². The molecule has 1 aliphatic heterocycles. The highest BCUT2D eigenvalue weighted by Crippen LogP contribution is 2.49. The third kappa shape index (κ3) is 2.47. The standard InChI is InChI=1S/C18H28N2O/c1-4-13-10-20(8-7-14(13)19)15-9-12(3)17-11(2)5-6-16(21)18(15)17/h5-6,12-15,21H,4,7-10,19H2,1-3H3. The van der Waals surface area contributed by atoms with E-state index in [9.17, 15) is 5.11 Å². The Labute approximate surface area is 128 Å². The minimum Gasteiger partial charge on any atom is -0.508 e. The van der Waals surface area contributed by atoms with Gasteiger partial charge in [0.1, 0.15) is 5.75 Å². The molecule has 3 rings (SSSR count). The SMILES string of the molecule is CCC1CN(C2CC(C)c3c(C)ccc(O)c32)CCC1N. The second kappa shape index (κ2) is 5.62. The van der Waals surface area contributed by atoms with Gasteiger partial charge in [-0.2, -0.15) is 0 Å². The molecule has 4 unspecified atom stereocenters. The molecule has 2 aliphatic rings. The van der Waals surface area contributed by atoms with Gasteiger partial charge >= 0.3 is 0 Å². The van der Waals surface area contributed by atoms with E-state index in [0.717, 1.165) is 32.4 Å². The Balaban J connectivity index is 1.91. The largest absolute Gasteiger partial charge is 0.508 e. The first-order chi connectivity index (χ1) is 10.0. The summed E-state index contributed by atoms with van der Waals surface area (Å²) in [6.07, 6.45) is 3.34. The molecule has 3 heteroatoms. The molecule has 1 aromatic carbocycles. The van der Waals surface area contributed by atoms with Crippen molar-refractivity contribution in [2.45, 2.75) is 58.0 Å². The fourth-order valence-electron chi connectivity index (χ4n) is 4.43. The van der Waals surface area contributed by atoms with Crippen molar-refractivity contribution >= 4 is 0 Å². The van der Waals surface area contributed by atoms with Crippen molar-refractivity contribution in [3.8, 4) is 5.75 Å². The van der Waals surface area contributed by atoms with Gasteiger partial charge < -0.3 is 10.8 Å². The lowest BCUT2D eigenvalue weighted by Crippen LogP contribution is -2.47. The number of likely N-dealkylation sites (tertiary alicyclic amines) is 1. The van der Waals surface area contributed by atoms with Gasteiger partial charge in [-0.15, -0.1) is 0 Å². The van der Waals surface area contributed by atoms with Crippen molar-refractivity contribution in [1.29, 1.82) is 0 Å². The van der Waals surface area contributed by atoms with Gasteiger partial charge in [-0.05, 0) is 48.8 Å². The number of phenolic OH excluding ortho intramolecular Hbond substituents is 1. The van der Waals surface area contributed by atoms with Crippen LogP contribution in [0.2, 0.25) is 0 Å². The second-order valence-corrected chi connectivity index (χ2v) is 7.00. The van der Waals surface area contributed by atoms with Crippen LogP contribution < -0.4 is 5.73 Å². The van der Waals surface area contributed by atoms with Crippen molar-refractivity contribution < 1.29 is 5.11 Å². The molecule has 0 bridgehead atoms. The zero-order valence-corrected chi connectivity index (χ0v) is 13.5. The van der Waals surface area contributed by atoms with Crippen LogP contribution in [0.1, 0.15) is 61.8 Å². The minimum absolute atomic E-state index is 0.343. The highest BCUT2D eigenvalue weighted by atomic mass is 16.3. The predicted octanol–water partition coefficient (Wildman–Crippen LogP) is 3.31. The van der Waals surface area contributed by atoms with Crippen molar-refractivity contribution in [3.63, 3.8) is 0 Å². The van der Waals surface area contributed by atoms with E-state index in [1.165, 1.54) is 16.7 Å². The number of rotatable bonds is 2. The topological polar surface area (TPSA) is 49.5 Å². The van der Waals surface area contributed by atoms with Crippen LogP contribution in [0.3, 0.4) is 0 Å². The van der Waals surface area contributed by atoms with Gasteiger partial charge in [0.25, 0.3) is 0 Å². The Hall–Kier alpha value is -1.06. The van der Waals surface area contributed by atoms with Crippen LogP contribution in [0, 0.1) is 12.8 Å². The lowest BCUT2D eigenvalue weighted by molar-refractivity contribution is 0.103.